The zero-order valence-corrected chi connectivity index (χ0v) is 9.87. The Bertz CT molecular complexity index is 323. The molecule has 0 aliphatic heterocycles. The number of aromatic nitrogens is 1. The normalized spacial score (nSPS) is 15.3. The second kappa shape index (κ2) is 4.84. The van der Waals surface area contributed by atoms with Gasteiger partial charge in [-0.15, -0.1) is 11.6 Å². The third-order valence-corrected chi connectivity index (χ3v) is 3.13. The highest BCUT2D eigenvalue weighted by molar-refractivity contribution is 6.16. The van der Waals surface area contributed by atoms with Crippen molar-refractivity contribution in [2.45, 2.75) is 25.6 Å². The van der Waals surface area contributed by atoms with E-state index >= 15 is 0 Å². The van der Waals surface area contributed by atoms with Gasteiger partial charge in [0.05, 0.1) is 11.6 Å². The summed E-state index contributed by atoms with van der Waals surface area (Å²) in [6.45, 7) is 4.44. The van der Waals surface area contributed by atoms with Gasteiger partial charge in [-0.2, -0.15) is 0 Å². The molecule has 1 aromatic rings. The highest BCUT2D eigenvalue weighted by Crippen LogP contribution is 2.31. The molecule has 1 aliphatic carbocycles. The highest BCUT2D eigenvalue weighted by Gasteiger charge is 2.23. The van der Waals surface area contributed by atoms with E-state index in [1.54, 1.807) is 0 Å². The van der Waals surface area contributed by atoms with Crippen LogP contribution in [0.3, 0.4) is 0 Å². The molecule has 0 atom stereocenters. The number of hydrogen-bond donors (Lipinski definition) is 0. The van der Waals surface area contributed by atoms with Crippen molar-refractivity contribution in [2.75, 3.05) is 18.0 Å². The minimum atomic E-state index is 0.495. The van der Waals surface area contributed by atoms with Gasteiger partial charge in [0.25, 0.3) is 0 Å². The van der Waals surface area contributed by atoms with Crippen LogP contribution in [0.1, 0.15) is 25.5 Å². The van der Waals surface area contributed by atoms with E-state index in [-0.39, 0.29) is 0 Å². The first kappa shape index (κ1) is 10.7. The van der Waals surface area contributed by atoms with E-state index in [9.17, 15) is 0 Å². The Labute approximate surface area is 96.3 Å². The van der Waals surface area contributed by atoms with Gasteiger partial charge in [0.1, 0.15) is 0 Å². The Kier molecular flexibility index (Phi) is 3.47. The lowest BCUT2D eigenvalue weighted by atomic mass is 10.2. The molecule has 2 rings (SSSR count). The Morgan fingerprint density at radius 2 is 2.33 bits per heavy atom. The minimum Gasteiger partial charge on any atom is -0.371 e. The van der Waals surface area contributed by atoms with Crippen molar-refractivity contribution in [1.82, 2.24) is 4.98 Å². The van der Waals surface area contributed by atoms with Crippen molar-refractivity contribution in [2.24, 2.45) is 5.92 Å². The molecule has 2 nitrogen and oxygen atoms in total. The number of halogens is 1. The van der Waals surface area contributed by atoms with Crippen LogP contribution in [0.2, 0.25) is 0 Å². The highest BCUT2D eigenvalue weighted by atomic mass is 35.5. The van der Waals surface area contributed by atoms with Gasteiger partial charge in [-0.25, -0.2) is 0 Å². The molecule has 0 amide bonds. The lowest BCUT2D eigenvalue weighted by Gasteiger charge is -2.23. The molecule has 0 unspecified atom stereocenters. The molecule has 82 valence electrons. The van der Waals surface area contributed by atoms with Crippen LogP contribution in [0, 0.1) is 5.92 Å². The predicted molar refractivity (Wildman–Crippen MR) is 64.4 cm³/mol. The molecular formula is C12H17ClN2. The molecule has 1 aromatic heterocycles. The molecular weight excluding hydrogens is 208 g/mol. The average Bonchev–Trinajstić information content (AvgIpc) is 3.10. The summed E-state index contributed by atoms with van der Waals surface area (Å²) >= 11 is 5.78. The van der Waals surface area contributed by atoms with Crippen molar-refractivity contribution < 1.29 is 0 Å². The van der Waals surface area contributed by atoms with Crippen molar-refractivity contribution in [3.8, 4) is 0 Å². The molecule has 0 bridgehead atoms. The monoisotopic (exact) mass is 224 g/mol. The number of alkyl halides is 1. The summed E-state index contributed by atoms with van der Waals surface area (Å²) in [6, 6.07) is 4.17. The zero-order chi connectivity index (χ0) is 10.7. The first-order valence-electron chi connectivity index (χ1n) is 5.59. The Morgan fingerprint density at radius 3 is 2.93 bits per heavy atom. The van der Waals surface area contributed by atoms with Crippen molar-refractivity contribution in [3.63, 3.8) is 0 Å². The Hall–Kier alpha value is -0.760. The summed E-state index contributed by atoms with van der Waals surface area (Å²) in [4.78, 5) is 6.62. The topological polar surface area (TPSA) is 16.1 Å². The molecule has 15 heavy (non-hydrogen) atoms. The van der Waals surface area contributed by atoms with Crippen LogP contribution >= 0.6 is 11.6 Å². The quantitative estimate of drug-likeness (QED) is 0.715. The lowest BCUT2D eigenvalue weighted by Crippen LogP contribution is -2.25. The fourth-order valence-electron chi connectivity index (χ4n) is 1.76. The molecule has 0 saturated heterocycles. The van der Waals surface area contributed by atoms with Crippen LogP contribution < -0.4 is 4.90 Å². The number of nitrogens with zero attached hydrogens (tertiary/aromatic N) is 2. The van der Waals surface area contributed by atoms with Gasteiger partial charge in [0.15, 0.2) is 0 Å². The fraction of sp³-hybridized carbons (Fsp3) is 0.583. The number of pyridine rings is 1. The van der Waals surface area contributed by atoms with E-state index in [0.29, 0.717) is 5.88 Å². The molecule has 1 fully saturated rings. The van der Waals surface area contributed by atoms with Crippen LogP contribution in [0.4, 0.5) is 5.69 Å². The Balaban J connectivity index is 2.09. The largest absolute Gasteiger partial charge is 0.371 e. The van der Waals surface area contributed by atoms with Crippen LogP contribution in [-0.2, 0) is 5.88 Å². The third kappa shape index (κ3) is 2.85. The van der Waals surface area contributed by atoms with Gasteiger partial charge in [0.2, 0.25) is 0 Å². The van der Waals surface area contributed by atoms with E-state index in [4.69, 9.17) is 11.6 Å². The zero-order valence-electron chi connectivity index (χ0n) is 9.12. The molecule has 0 radical (unpaired) electrons. The fourth-order valence-corrected chi connectivity index (χ4v) is 1.91. The SMILES string of the molecule is CCN(CC1CC1)c1ccnc(CCl)c1. The minimum absolute atomic E-state index is 0.495. The second-order valence-electron chi connectivity index (χ2n) is 4.12. The molecule has 0 N–H and O–H groups in total. The van der Waals surface area contributed by atoms with Crippen molar-refractivity contribution in [3.05, 3.63) is 24.0 Å². The standard InChI is InChI=1S/C12H17ClN2/c1-2-15(9-10-3-4-10)12-5-6-14-11(7-12)8-13/h5-7,10H,2-4,8-9H2,1H3. The summed E-state index contributed by atoms with van der Waals surface area (Å²) in [5.41, 5.74) is 2.22. The van der Waals surface area contributed by atoms with E-state index in [2.05, 4.69) is 28.9 Å². The number of rotatable bonds is 5. The molecule has 0 aromatic carbocycles. The molecule has 0 spiro atoms. The molecule has 1 aliphatic rings. The summed E-state index contributed by atoms with van der Waals surface area (Å²) < 4.78 is 0. The Morgan fingerprint density at radius 1 is 1.53 bits per heavy atom. The van der Waals surface area contributed by atoms with Gasteiger partial charge in [-0.1, -0.05) is 0 Å². The predicted octanol–water partition coefficient (Wildman–Crippen LogP) is 3.06. The van der Waals surface area contributed by atoms with E-state index in [1.807, 2.05) is 6.20 Å². The number of hydrogen-bond acceptors (Lipinski definition) is 2. The third-order valence-electron chi connectivity index (χ3n) is 2.86. The lowest BCUT2D eigenvalue weighted by molar-refractivity contribution is 0.741. The molecule has 1 saturated carbocycles. The van der Waals surface area contributed by atoms with Crippen molar-refractivity contribution in [1.29, 1.82) is 0 Å². The molecule has 3 heteroatoms. The summed E-state index contributed by atoms with van der Waals surface area (Å²) in [6.07, 6.45) is 4.64. The van der Waals surface area contributed by atoms with Crippen LogP contribution in [0.15, 0.2) is 18.3 Å². The average molecular weight is 225 g/mol. The van der Waals surface area contributed by atoms with Gasteiger partial charge >= 0.3 is 0 Å². The van der Waals surface area contributed by atoms with Crippen LogP contribution in [-0.4, -0.2) is 18.1 Å². The van der Waals surface area contributed by atoms with E-state index in [0.717, 1.165) is 18.2 Å². The van der Waals surface area contributed by atoms with Gasteiger partial charge in [0, 0.05) is 25.0 Å². The summed E-state index contributed by atoms with van der Waals surface area (Å²) in [5, 5.41) is 0. The van der Waals surface area contributed by atoms with Gasteiger partial charge in [-0.3, -0.25) is 4.98 Å². The van der Waals surface area contributed by atoms with Crippen molar-refractivity contribution >= 4 is 17.3 Å². The maximum atomic E-state index is 5.78. The maximum Gasteiger partial charge on any atom is 0.0648 e. The van der Waals surface area contributed by atoms with Crippen LogP contribution in [0.25, 0.3) is 0 Å². The summed E-state index contributed by atoms with van der Waals surface area (Å²) in [7, 11) is 0. The number of anilines is 1. The first-order valence-corrected chi connectivity index (χ1v) is 6.12. The first-order chi connectivity index (χ1) is 7.33. The van der Waals surface area contributed by atoms with Gasteiger partial charge < -0.3 is 4.90 Å². The van der Waals surface area contributed by atoms with E-state index < -0.39 is 0 Å². The maximum absolute atomic E-state index is 5.78. The summed E-state index contributed by atoms with van der Waals surface area (Å²) in [5.74, 6) is 1.41. The molecule has 1 heterocycles. The van der Waals surface area contributed by atoms with Crippen LogP contribution in [0.5, 0.6) is 0 Å². The second-order valence-corrected chi connectivity index (χ2v) is 4.39. The smallest absolute Gasteiger partial charge is 0.0648 e. The van der Waals surface area contributed by atoms with E-state index in [1.165, 1.54) is 25.1 Å². The van der Waals surface area contributed by atoms with Gasteiger partial charge in [-0.05, 0) is 37.8 Å².